The van der Waals surface area contributed by atoms with Crippen molar-refractivity contribution in [3.63, 3.8) is 0 Å². The third kappa shape index (κ3) is 2.65. The molecule has 2 aromatic heterocycles. The lowest BCUT2D eigenvalue weighted by atomic mass is 10.1. The van der Waals surface area contributed by atoms with E-state index in [2.05, 4.69) is 21.4 Å². The van der Waals surface area contributed by atoms with Crippen LogP contribution >= 0.6 is 0 Å². The predicted molar refractivity (Wildman–Crippen MR) is 83.2 cm³/mol. The van der Waals surface area contributed by atoms with Gasteiger partial charge < -0.3 is 10.3 Å². The standard InChI is InChI=1S/C17H17N3O/c1-11-6-7-15-14(9-11)12(2)16(20-15)17(21)19-10-13-5-3-4-8-18-13/h3-9,20H,10H2,1-2H3,(H,19,21). The van der Waals surface area contributed by atoms with Gasteiger partial charge in [-0.1, -0.05) is 17.7 Å². The number of fused-ring (bicyclic) bond motifs is 1. The van der Waals surface area contributed by atoms with Gasteiger partial charge >= 0.3 is 0 Å². The van der Waals surface area contributed by atoms with Crippen LogP contribution in [0.1, 0.15) is 27.3 Å². The highest BCUT2D eigenvalue weighted by atomic mass is 16.1. The zero-order valence-corrected chi connectivity index (χ0v) is 12.1. The number of carbonyl (C=O) groups excluding carboxylic acids is 1. The lowest BCUT2D eigenvalue weighted by molar-refractivity contribution is 0.0945. The van der Waals surface area contributed by atoms with Gasteiger partial charge in [0, 0.05) is 17.1 Å². The molecule has 4 heteroatoms. The average Bonchev–Trinajstić information content (AvgIpc) is 2.83. The van der Waals surface area contributed by atoms with Gasteiger partial charge in [0.05, 0.1) is 12.2 Å². The lowest BCUT2D eigenvalue weighted by Crippen LogP contribution is -2.24. The molecule has 3 rings (SSSR count). The second-order valence-electron chi connectivity index (χ2n) is 5.18. The Morgan fingerprint density at radius 1 is 1.24 bits per heavy atom. The number of nitrogens with one attached hydrogen (secondary N) is 2. The number of aromatic nitrogens is 2. The van der Waals surface area contributed by atoms with Gasteiger partial charge in [-0.2, -0.15) is 0 Å². The van der Waals surface area contributed by atoms with Crippen LogP contribution in [0.4, 0.5) is 0 Å². The Labute approximate surface area is 123 Å². The third-order valence-corrected chi connectivity index (χ3v) is 3.60. The molecule has 0 aliphatic carbocycles. The first-order valence-corrected chi connectivity index (χ1v) is 6.92. The molecule has 4 nitrogen and oxygen atoms in total. The molecule has 1 aromatic carbocycles. The molecular formula is C17H17N3O. The Kier molecular flexibility index (Phi) is 3.44. The van der Waals surface area contributed by atoms with Crippen molar-refractivity contribution < 1.29 is 4.79 Å². The molecule has 2 N–H and O–H groups in total. The minimum Gasteiger partial charge on any atom is -0.350 e. The number of aryl methyl sites for hydroxylation is 2. The van der Waals surface area contributed by atoms with Crippen LogP contribution in [-0.2, 0) is 6.54 Å². The van der Waals surface area contributed by atoms with E-state index < -0.39 is 0 Å². The van der Waals surface area contributed by atoms with Crippen LogP contribution in [0.15, 0.2) is 42.6 Å². The molecule has 0 aliphatic heterocycles. The minimum absolute atomic E-state index is 0.105. The molecule has 0 bridgehead atoms. The smallest absolute Gasteiger partial charge is 0.268 e. The van der Waals surface area contributed by atoms with E-state index in [9.17, 15) is 4.79 Å². The lowest BCUT2D eigenvalue weighted by Gasteiger charge is -2.04. The van der Waals surface area contributed by atoms with Crippen molar-refractivity contribution in [3.05, 3.63) is 65.1 Å². The fourth-order valence-corrected chi connectivity index (χ4v) is 2.43. The van der Waals surface area contributed by atoms with Crippen LogP contribution in [0.3, 0.4) is 0 Å². The fraction of sp³-hybridized carbons (Fsp3) is 0.176. The summed E-state index contributed by atoms with van der Waals surface area (Å²) < 4.78 is 0. The number of hydrogen-bond donors (Lipinski definition) is 2. The van der Waals surface area contributed by atoms with Crippen molar-refractivity contribution in [3.8, 4) is 0 Å². The van der Waals surface area contributed by atoms with Crippen LogP contribution in [0.5, 0.6) is 0 Å². The molecular weight excluding hydrogens is 262 g/mol. The Morgan fingerprint density at radius 3 is 2.86 bits per heavy atom. The Morgan fingerprint density at radius 2 is 2.10 bits per heavy atom. The number of nitrogens with zero attached hydrogens (tertiary/aromatic N) is 1. The first-order valence-electron chi connectivity index (χ1n) is 6.92. The maximum atomic E-state index is 12.3. The van der Waals surface area contributed by atoms with Crippen LogP contribution in [0, 0.1) is 13.8 Å². The minimum atomic E-state index is -0.105. The Hall–Kier alpha value is -2.62. The van der Waals surface area contributed by atoms with E-state index in [1.165, 1.54) is 5.56 Å². The van der Waals surface area contributed by atoms with Gasteiger partial charge in [-0.15, -0.1) is 0 Å². The molecule has 0 unspecified atom stereocenters. The fourth-order valence-electron chi connectivity index (χ4n) is 2.43. The highest BCUT2D eigenvalue weighted by Gasteiger charge is 2.14. The summed E-state index contributed by atoms with van der Waals surface area (Å²) >= 11 is 0. The molecule has 0 spiro atoms. The molecule has 0 saturated heterocycles. The summed E-state index contributed by atoms with van der Waals surface area (Å²) in [4.78, 5) is 19.7. The molecule has 0 fully saturated rings. The summed E-state index contributed by atoms with van der Waals surface area (Å²) in [6, 6.07) is 11.8. The van der Waals surface area contributed by atoms with Gasteiger partial charge in [0.25, 0.3) is 5.91 Å². The van der Waals surface area contributed by atoms with Gasteiger partial charge in [0.1, 0.15) is 5.69 Å². The summed E-state index contributed by atoms with van der Waals surface area (Å²) in [7, 11) is 0. The summed E-state index contributed by atoms with van der Waals surface area (Å²) in [6.45, 7) is 4.44. The Bertz CT molecular complexity index is 790. The molecule has 0 saturated carbocycles. The first-order chi connectivity index (χ1) is 10.1. The van der Waals surface area contributed by atoms with E-state index in [0.29, 0.717) is 12.2 Å². The molecule has 0 atom stereocenters. The van der Waals surface area contributed by atoms with Crippen molar-refractivity contribution in [2.75, 3.05) is 0 Å². The summed E-state index contributed by atoms with van der Waals surface area (Å²) in [5.41, 5.74) is 4.61. The molecule has 3 aromatic rings. The van der Waals surface area contributed by atoms with E-state index >= 15 is 0 Å². The zero-order valence-electron chi connectivity index (χ0n) is 12.1. The molecule has 106 valence electrons. The quantitative estimate of drug-likeness (QED) is 0.774. The van der Waals surface area contributed by atoms with Crippen molar-refractivity contribution >= 4 is 16.8 Å². The van der Waals surface area contributed by atoms with Crippen molar-refractivity contribution in [1.29, 1.82) is 0 Å². The molecule has 1 amide bonds. The van der Waals surface area contributed by atoms with Gasteiger partial charge in [0.2, 0.25) is 0 Å². The van der Waals surface area contributed by atoms with Gasteiger partial charge in [0.15, 0.2) is 0 Å². The van der Waals surface area contributed by atoms with Gasteiger partial charge in [-0.25, -0.2) is 0 Å². The topological polar surface area (TPSA) is 57.8 Å². The van der Waals surface area contributed by atoms with Crippen molar-refractivity contribution in [1.82, 2.24) is 15.3 Å². The monoisotopic (exact) mass is 279 g/mol. The number of benzene rings is 1. The summed E-state index contributed by atoms with van der Waals surface area (Å²) in [6.07, 6.45) is 1.72. The first kappa shape index (κ1) is 13.4. The van der Waals surface area contributed by atoms with E-state index in [1.807, 2.05) is 44.2 Å². The van der Waals surface area contributed by atoms with Crippen molar-refractivity contribution in [2.45, 2.75) is 20.4 Å². The molecule has 0 aliphatic rings. The van der Waals surface area contributed by atoms with Crippen LogP contribution in [-0.4, -0.2) is 15.9 Å². The van der Waals surface area contributed by atoms with E-state index in [1.54, 1.807) is 6.20 Å². The zero-order chi connectivity index (χ0) is 14.8. The number of pyridine rings is 1. The summed E-state index contributed by atoms with van der Waals surface area (Å²) in [5, 5.41) is 3.99. The number of H-pyrrole nitrogens is 1. The molecule has 0 radical (unpaired) electrons. The van der Waals surface area contributed by atoms with E-state index in [4.69, 9.17) is 0 Å². The average molecular weight is 279 g/mol. The molecule has 21 heavy (non-hydrogen) atoms. The summed E-state index contributed by atoms with van der Waals surface area (Å²) in [5.74, 6) is -0.105. The van der Waals surface area contributed by atoms with Crippen LogP contribution in [0.25, 0.3) is 10.9 Å². The number of rotatable bonds is 3. The Balaban J connectivity index is 1.83. The number of carbonyl (C=O) groups is 1. The highest BCUT2D eigenvalue weighted by molar-refractivity contribution is 6.00. The SMILES string of the molecule is Cc1ccc2[nH]c(C(=O)NCc3ccccn3)c(C)c2c1. The number of hydrogen-bond acceptors (Lipinski definition) is 2. The third-order valence-electron chi connectivity index (χ3n) is 3.60. The number of aromatic amines is 1. The number of amides is 1. The normalized spacial score (nSPS) is 10.8. The van der Waals surface area contributed by atoms with Crippen LogP contribution < -0.4 is 5.32 Å². The van der Waals surface area contributed by atoms with Gasteiger partial charge in [-0.05, 0) is 43.7 Å². The van der Waals surface area contributed by atoms with Gasteiger partial charge in [-0.3, -0.25) is 9.78 Å². The second kappa shape index (κ2) is 5.40. The maximum absolute atomic E-state index is 12.3. The van der Waals surface area contributed by atoms with E-state index in [0.717, 1.165) is 22.2 Å². The molecule has 2 heterocycles. The maximum Gasteiger partial charge on any atom is 0.268 e. The predicted octanol–water partition coefficient (Wildman–Crippen LogP) is 3.11. The van der Waals surface area contributed by atoms with Crippen LogP contribution in [0.2, 0.25) is 0 Å². The highest BCUT2D eigenvalue weighted by Crippen LogP contribution is 2.22. The largest absolute Gasteiger partial charge is 0.350 e. The second-order valence-corrected chi connectivity index (χ2v) is 5.18. The van der Waals surface area contributed by atoms with E-state index in [-0.39, 0.29) is 5.91 Å². The van der Waals surface area contributed by atoms with Crippen molar-refractivity contribution in [2.24, 2.45) is 0 Å².